The van der Waals surface area contributed by atoms with Crippen LogP contribution in [0, 0.1) is 6.92 Å². The van der Waals surface area contributed by atoms with Gasteiger partial charge in [-0.2, -0.15) is 0 Å². The lowest BCUT2D eigenvalue weighted by Gasteiger charge is -2.07. The number of amides is 1. The number of halogens is 2. The number of ether oxygens (including phenoxy) is 1. The first-order chi connectivity index (χ1) is 14.8. The molecule has 0 atom stereocenters. The van der Waals surface area contributed by atoms with Gasteiger partial charge in [0.15, 0.2) is 6.61 Å². The molecule has 3 aromatic rings. The van der Waals surface area contributed by atoms with Crippen LogP contribution in [0.3, 0.4) is 0 Å². The Morgan fingerprint density at radius 3 is 2.48 bits per heavy atom. The van der Waals surface area contributed by atoms with Gasteiger partial charge in [0.2, 0.25) is 0 Å². The number of nitrogens with zero attached hydrogens (tertiary/aromatic N) is 2. The van der Waals surface area contributed by atoms with Crippen molar-refractivity contribution in [1.82, 2.24) is 9.36 Å². The third kappa shape index (κ3) is 5.25. The average Bonchev–Trinajstić information content (AvgIpc) is 2.96. The van der Waals surface area contributed by atoms with Crippen molar-refractivity contribution in [3.63, 3.8) is 0 Å². The topological polar surface area (TPSA) is 82.3 Å². The first kappa shape index (κ1) is 22.4. The first-order valence-corrected chi connectivity index (χ1v) is 9.97. The van der Waals surface area contributed by atoms with Gasteiger partial charge in [0, 0.05) is 13.1 Å². The normalized spacial score (nSPS) is 11.0. The number of carbonyl (C=O) groups is 2. The highest BCUT2D eigenvalue weighted by atomic mass is 35.5. The molecule has 1 aromatic heterocycles. The zero-order chi connectivity index (χ0) is 22.5. The maximum atomic E-state index is 12.8. The van der Waals surface area contributed by atoms with Crippen LogP contribution in [0.1, 0.15) is 11.3 Å². The summed E-state index contributed by atoms with van der Waals surface area (Å²) in [6.45, 7) is 1.17. The van der Waals surface area contributed by atoms with E-state index >= 15 is 0 Å². The molecule has 1 N–H and O–H groups in total. The molecule has 0 aliphatic heterocycles. The van der Waals surface area contributed by atoms with Crippen molar-refractivity contribution in [2.24, 2.45) is 7.05 Å². The molecule has 1 amide bonds. The van der Waals surface area contributed by atoms with Crippen LogP contribution in [0.4, 0.5) is 5.69 Å². The van der Waals surface area contributed by atoms with E-state index < -0.39 is 18.5 Å². The van der Waals surface area contributed by atoms with Gasteiger partial charge in [0.25, 0.3) is 11.5 Å². The zero-order valence-electron chi connectivity index (χ0n) is 16.8. The molecule has 0 aliphatic carbocycles. The van der Waals surface area contributed by atoms with Crippen molar-refractivity contribution in [3.8, 4) is 5.69 Å². The van der Waals surface area contributed by atoms with E-state index in [1.54, 1.807) is 49.0 Å². The fraction of sp³-hybridized carbons (Fsp3) is 0.136. The second-order valence-corrected chi connectivity index (χ2v) is 7.41. The number of nitrogens with one attached hydrogen (secondary N) is 1. The van der Waals surface area contributed by atoms with Crippen LogP contribution in [0.15, 0.2) is 59.4 Å². The van der Waals surface area contributed by atoms with Gasteiger partial charge in [-0.05, 0) is 42.8 Å². The van der Waals surface area contributed by atoms with Gasteiger partial charge >= 0.3 is 5.97 Å². The van der Waals surface area contributed by atoms with E-state index in [0.717, 1.165) is 0 Å². The maximum absolute atomic E-state index is 12.8. The van der Waals surface area contributed by atoms with E-state index in [0.29, 0.717) is 27.0 Å². The molecule has 0 fully saturated rings. The number of rotatable bonds is 6. The van der Waals surface area contributed by atoms with Crippen molar-refractivity contribution in [1.29, 1.82) is 0 Å². The maximum Gasteiger partial charge on any atom is 0.331 e. The standard InChI is InChI=1S/C22H19Cl2N3O4/c1-14-21(22(30)27(26(14)2)16-6-4-3-5-7-16)25-19(28)13-31-20(29)11-9-15-8-10-17(23)18(24)12-15/h3-12H,13H2,1-2H3,(H,25,28). The summed E-state index contributed by atoms with van der Waals surface area (Å²) in [5.74, 6) is -1.34. The lowest BCUT2D eigenvalue weighted by molar-refractivity contribution is -0.142. The Labute approximate surface area is 188 Å². The van der Waals surface area contributed by atoms with Crippen LogP contribution in [0.5, 0.6) is 0 Å². The summed E-state index contributed by atoms with van der Waals surface area (Å²) in [7, 11) is 1.72. The highest BCUT2D eigenvalue weighted by Gasteiger charge is 2.18. The number of esters is 1. The molecule has 7 nitrogen and oxygen atoms in total. The summed E-state index contributed by atoms with van der Waals surface area (Å²) in [5.41, 5.74) is 1.62. The summed E-state index contributed by atoms with van der Waals surface area (Å²) in [4.78, 5) is 36.9. The average molecular weight is 460 g/mol. The Morgan fingerprint density at radius 2 is 1.81 bits per heavy atom. The molecule has 0 radical (unpaired) electrons. The Kier molecular flexibility index (Phi) is 6.99. The fourth-order valence-electron chi connectivity index (χ4n) is 2.85. The number of hydrogen-bond donors (Lipinski definition) is 1. The van der Waals surface area contributed by atoms with Crippen LogP contribution < -0.4 is 10.9 Å². The Hall–Kier alpha value is -3.29. The fourth-order valence-corrected chi connectivity index (χ4v) is 3.16. The SMILES string of the molecule is Cc1c(NC(=O)COC(=O)C=Cc2ccc(Cl)c(Cl)c2)c(=O)n(-c2ccccc2)n1C. The second-order valence-electron chi connectivity index (χ2n) is 6.60. The molecule has 0 spiro atoms. The highest BCUT2D eigenvalue weighted by Crippen LogP contribution is 2.23. The minimum atomic E-state index is -0.715. The van der Waals surface area contributed by atoms with Gasteiger partial charge in [0.1, 0.15) is 5.69 Å². The molecule has 0 saturated heterocycles. The predicted molar refractivity (Wildman–Crippen MR) is 121 cm³/mol. The predicted octanol–water partition coefficient (Wildman–Crippen LogP) is 3.99. The lowest BCUT2D eigenvalue weighted by atomic mass is 10.2. The van der Waals surface area contributed by atoms with Gasteiger partial charge in [-0.25, -0.2) is 9.48 Å². The molecule has 3 rings (SSSR count). The van der Waals surface area contributed by atoms with Crippen molar-refractivity contribution in [2.75, 3.05) is 11.9 Å². The molecular weight excluding hydrogens is 441 g/mol. The number of hydrogen-bond acceptors (Lipinski definition) is 4. The van der Waals surface area contributed by atoms with Crippen LogP contribution in [-0.4, -0.2) is 27.8 Å². The van der Waals surface area contributed by atoms with Crippen molar-refractivity contribution < 1.29 is 14.3 Å². The van der Waals surface area contributed by atoms with E-state index in [4.69, 9.17) is 27.9 Å². The Morgan fingerprint density at radius 1 is 1.10 bits per heavy atom. The summed E-state index contributed by atoms with van der Waals surface area (Å²) in [5, 5.41) is 3.29. The molecule has 0 saturated carbocycles. The monoisotopic (exact) mass is 459 g/mol. The second kappa shape index (κ2) is 9.68. The molecular formula is C22H19Cl2N3O4. The lowest BCUT2D eigenvalue weighted by Crippen LogP contribution is -2.25. The van der Waals surface area contributed by atoms with E-state index in [9.17, 15) is 14.4 Å². The Balaban J connectivity index is 1.63. The van der Waals surface area contributed by atoms with E-state index in [2.05, 4.69) is 5.32 Å². The van der Waals surface area contributed by atoms with Crippen LogP contribution in [0.2, 0.25) is 10.0 Å². The summed E-state index contributed by atoms with van der Waals surface area (Å²) >= 11 is 11.8. The van der Waals surface area contributed by atoms with Gasteiger partial charge < -0.3 is 10.1 Å². The summed E-state index contributed by atoms with van der Waals surface area (Å²) in [6.07, 6.45) is 2.66. The van der Waals surface area contributed by atoms with Gasteiger partial charge in [0.05, 0.1) is 21.4 Å². The van der Waals surface area contributed by atoms with Crippen LogP contribution in [0.25, 0.3) is 11.8 Å². The van der Waals surface area contributed by atoms with Crippen molar-refractivity contribution in [3.05, 3.63) is 86.3 Å². The molecule has 31 heavy (non-hydrogen) atoms. The zero-order valence-corrected chi connectivity index (χ0v) is 18.3. The molecule has 2 aromatic carbocycles. The highest BCUT2D eigenvalue weighted by molar-refractivity contribution is 6.42. The number of benzene rings is 2. The molecule has 160 valence electrons. The quantitative estimate of drug-likeness (QED) is 0.446. The third-order valence-corrected chi connectivity index (χ3v) is 5.26. The smallest absolute Gasteiger partial charge is 0.331 e. The first-order valence-electron chi connectivity index (χ1n) is 9.21. The Bertz CT molecular complexity index is 1210. The minimum absolute atomic E-state index is 0.124. The number of anilines is 1. The molecule has 0 unspecified atom stereocenters. The molecule has 1 heterocycles. The summed E-state index contributed by atoms with van der Waals surface area (Å²) < 4.78 is 8.02. The molecule has 0 aliphatic rings. The summed E-state index contributed by atoms with van der Waals surface area (Å²) in [6, 6.07) is 13.9. The van der Waals surface area contributed by atoms with E-state index in [1.807, 2.05) is 18.2 Å². The van der Waals surface area contributed by atoms with Crippen LogP contribution in [-0.2, 0) is 21.4 Å². The third-order valence-electron chi connectivity index (χ3n) is 4.52. The van der Waals surface area contributed by atoms with Gasteiger partial charge in [-0.3, -0.25) is 14.3 Å². The van der Waals surface area contributed by atoms with Crippen LogP contribution >= 0.6 is 23.2 Å². The minimum Gasteiger partial charge on any atom is -0.452 e. The number of carbonyl (C=O) groups excluding carboxylic acids is 2. The van der Waals surface area contributed by atoms with Gasteiger partial charge in [-0.1, -0.05) is 47.5 Å². The van der Waals surface area contributed by atoms with Gasteiger partial charge in [-0.15, -0.1) is 0 Å². The number of para-hydroxylation sites is 1. The van der Waals surface area contributed by atoms with Crippen molar-refractivity contribution in [2.45, 2.75) is 6.92 Å². The molecule has 9 heteroatoms. The van der Waals surface area contributed by atoms with E-state index in [-0.39, 0.29) is 11.2 Å². The van der Waals surface area contributed by atoms with Crippen molar-refractivity contribution >= 4 is 46.8 Å². The number of aromatic nitrogens is 2. The molecule has 0 bridgehead atoms. The van der Waals surface area contributed by atoms with E-state index in [1.165, 1.54) is 16.8 Å². The largest absolute Gasteiger partial charge is 0.452 e.